The average molecular weight is 267 g/mol. The molecule has 0 saturated heterocycles. The number of aromatic nitrogens is 2. The molecule has 0 fully saturated rings. The summed E-state index contributed by atoms with van der Waals surface area (Å²) in [5.41, 5.74) is 0.779. The molecule has 3 rings (SSSR count). The lowest BCUT2D eigenvalue weighted by atomic mass is 10.1. The van der Waals surface area contributed by atoms with Crippen LogP contribution >= 0.6 is 0 Å². The number of hydrogen-bond acceptors (Lipinski definition) is 4. The lowest BCUT2D eigenvalue weighted by Gasteiger charge is -2.08. The van der Waals surface area contributed by atoms with Crippen LogP contribution in [-0.4, -0.2) is 15.9 Å². The summed E-state index contributed by atoms with van der Waals surface area (Å²) in [4.78, 5) is 20.1. The van der Waals surface area contributed by atoms with Crippen LogP contribution in [0.1, 0.15) is 18.6 Å². The van der Waals surface area contributed by atoms with Crippen LogP contribution in [0.2, 0.25) is 0 Å². The van der Waals surface area contributed by atoms with Gasteiger partial charge in [-0.3, -0.25) is 9.78 Å². The van der Waals surface area contributed by atoms with Crippen LogP contribution in [0.5, 0.6) is 0 Å². The van der Waals surface area contributed by atoms with Gasteiger partial charge in [0.15, 0.2) is 5.82 Å². The van der Waals surface area contributed by atoms with Gasteiger partial charge in [-0.25, -0.2) is 4.98 Å². The summed E-state index contributed by atoms with van der Waals surface area (Å²) >= 11 is 0. The van der Waals surface area contributed by atoms with Crippen molar-refractivity contribution in [3.63, 3.8) is 0 Å². The van der Waals surface area contributed by atoms with E-state index in [-0.39, 0.29) is 5.91 Å². The van der Waals surface area contributed by atoms with Gasteiger partial charge in [-0.2, -0.15) is 0 Å². The average Bonchev–Trinajstić information content (AvgIpc) is 2.91. The van der Waals surface area contributed by atoms with Crippen molar-refractivity contribution in [2.75, 3.05) is 5.32 Å². The monoisotopic (exact) mass is 267 g/mol. The Morgan fingerprint density at radius 2 is 2.15 bits per heavy atom. The highest BCUT2D eigenvalue weighted by Crippen LogP contribution is 2.25. The van der Waals surface area contributed by atoms with Gasteiger partial charge in [0.2, 0.25) is 5.91 Å². The topological polar surface area (TPSA) is 68.0 Å². The van der Waals surface area contributed by atoms with Gasteiger partial charge in [0.1, 0.15) is 11.3 Å². The largest absolute Gasteiger partial charge is 0.460 e. The lowest BCUT2D eigenvalue weighted by molar-refractivity contribution is -0.117. The van der Waals surface area contributed by atoms with Crippen LogP contribution < -0.4 is 5.32 Å². The number of rotatable bonds is 3. The smallest absolute Gasteiger partial charge is 0.236 e. The molecule has 3 aromatic rings. The molecule has 2 heterocycles. The van der Waals surface area contributed by atoms with Gasteiger partial charge < -0.3 is 9.73 Å². The number of carbonyl (C=O) groups excluding carboxylic acids is 1. The molecule has 5 heteroatoms. The number of para-hydroxylation sites is 1. The summed E-state index contributed by atoms with van der Waals surface area (Å²) in [5, 5.41) is 3.70. The molecule has 0 aliphatic carbocycles. The maximum absolute atomic E-state index is 12.2. The number of fused-ring (bicyclic) bond motifs is 1. The van der Waals surface area contributed by atoms with Crippen molar-refractivity contribution in [2.24, 2.45) is 0 Å². The number of benzene rings is 1. The van der Waals surface area contributed by atoms with Gasteiger partial charge >= 0.3 is 0 Å². The van der Waals surface area contributed by atoms with Crippen LogP contribution in [0.15, 0.2) is 53.3 Å². The number of anilines is 1. The second kappa shape index (κ2) is 5.13. The third kappa shape index (κ3) is 2.38. The van der Waals surface area contributed by atoms with Crippen molar-refractivity contribution >= 4 is 22.7 Å². The molecule has 0 bridgehead atoms. The molecule has 100 valence electrons. The predicted octanol–water partition coefficient (Wildman–Crippen LogP) is 2.97. The van der Waals surface area contributed by atoms with Crippen LogP contribution in [-0.2, 0) is 4.79 Å². The number of furan rings is 1. The molecule has 1 atom stereocenters. The number of nitrogens with one attached hydrogen (secondary N) is 1. The van der Waals surface area contributed by atoms with E-state index in [1.807, 2.05) is 30.3 Å². The number of amides is 1. The van der Waals surface area contributed by atoms with Gasteiger partial charge in [0.05, 0.1) is 12.1 Å². The van der Waals surface area contributed by atoms with Gasteiger partial charge in [-0.05, 0) is 19.1 Å². The van der Waals surface area contributed by atoms with Crippen molar-refractivity contribution in [1.29, 1.82) is 0 Å². The van der Waals surface area contributed by atoms with Crippen LogP contribution in [0.25, 0.3) is 11.0 Å². The number of nitrogens with zero attached hydrogens (tertiary/aromatic N) is 2. The lowest BCUT2D eigenvalue weighted by Crippen LogP contribution is -2.19. The first-order valence-electron chi connectivity index (χ1n) is 6.29. The Balaban J connectivity index is 1.81. The second-order valence-corrected chi connectivity index (χ2v) is 4.49. The summed E-state index contributed by atoms with van der Waals surface area (Å²) in [6.07, 6.45) is 4.59. The summed E-state index contributed by atoms with van der Waals surface area (Å²) in [5.74, 6) is 0.488. The Labute approximate surface area is 115 Å². The van der Waals surface area contributed by atoms with Crippen molar-refractivity contribution in [3.05, 3.63) is 54.7 Å². The van der Waals surface area contributed by atoms with Crippen LogP contribution in [0.3, 0.4) is 0 Å². The Bertz CT molecular complexity index is 704. The second-order valence-electron chi connectivity index (χ2n) is 4.49. The SMILES string of the molecule is C[C@H](C(=O)Nc1cnccn1)c1cc2ccccc2o1. The minimum absolute atomic E-state index is 0.176. The zero-order valence-corrected chi connectivity index (χ0v) is 10.9. The van der Waals surface area contributed by atoms with Crippen molar-refractivity contribution < 1.29 is 9.21 Å². The molecular weight excluding hydrogens is 254 g/mol. The van der Waals surface area contributed by atoms with Gasteiger partial charge in [0.25, 0.3) is 0 Å². The molecule has 1 aromatic carbocycles. The summed E-state index contributed by atoms with van der Waals surface area (Å²) < 4.78 is 5.69. The van der Waals surface area contributed by atoms with Crippen molar-refractivity contribution in [2.45, 2.75) is 12.8 Å². The first-order chi connectivity index (χ1) is 9.74. The Morgan fingerprint density at radius 3 is 2.90 bits per heavy atom. The van der Waals surface area contributed by atoms with E-state index in [0.29, 0.717) is 11.6 Å². The van der Waals surface area contributed by atoms with E-state index in [9.17, 15) is 4.79 Å². The number of hydrogen-bond donors (Lipinski definition) is 1. The molecular formula is C15H13N3O2. The van der Waals surface area contributed by atoms with E-state index in [1.54, 1.807) is 13.1 Å². The summed E-state index contributed by atoms with van der Waals surface area (Å²) in [7, 11) is 0. The van der Waals surface area contributed by atoms with Gasteiger partial charge in [0, 0.05) is 17.8 Å². The fourth-order valence-corrected chi connectivity index (χ4v) is 1.94. The Morgan fingerprint density at radius 1 is 1.30 bits per heavy atom. The van der Waals surface area contributed by atoms with E-state index >= 15 is 0 Å². The molecule has 1 N–H and O–H groups in total. The molecule has 5 nitrogen and oxygen atoms in total. The molecule has 0 unspecified atom stereocenters. The highest BCUT2D eigenvalue weighted by atomic mass is 16.3. The molecule has 0 saturated carbocycles. The highest BCUT2D eigenvalue weighted by molar-refractivity contribution is 5.95. The number of carbonyl (C=O) groups is 1. The Kier molecular flexibility index (Phi) is 3.16. The molecule has 20 heavy (non-hydrogen) atoms. The zero-order valence-electron chi connectivity index (χ0n) is 10.9. The van der Waals surface area contributed by atoms with Crippen LogP contribution in [0.4, 0.5) is 5.82 Å². The summed E-state index contributed by atoms with van der Waals surface area (Å²) in [6.45, 7) is 1.80. The van der Waals surface area contributed by atoms with E-state index in [2.05, 4.69) is 15.3 Å². The quantitative estimate of drug-likeness (QED) is 0.792. The predicted molar refractivity (Wildman–Crippen MR) is 75.3 cm³/mol. The highest BCUT2D eigenvalue weighted by Gasteiger charge is 2.19. The first kappa shape index (κ1) is 12.3. The maximum Gasteiger partial charge on any atom is 0.236 e. The van der Waals surface area contributed by atoms with E-state index in [1.165, 1.54) is 12.4 Å². The third-order valence-electron chi connectivity index (χ3n) is 3.08. The van der Waals surface area contributed by atoms with Crippen molar-refractivity contribution in [1.82, 2.24) is 9.97 Å². The minimum Gasteiger partial charge on any atom is -0.460 e. The van der Waals surface area contributed by atoms with Gasteiger partial charge in [-0.1, -0.05) is 18.2 Å². The summed E-state index contributed by atoms with van der Waals surface area (Å²) in [6, 6.07) is 9.56. The standard InChI is InChI=1S/C15H13N3O2/c1-10(15(19)18-14-9-16-6-7-17-14)13-8-11-4-2-3-5-12(11)20-13/h2-10H,1H3,(H,17,18,19)/t10-/m0/s1. The molecule has 2 aromatic heterocycles. The fourth-order valence-electron chi connectivity index (χ4n) is 1.94. The van der Waals surface area contributed by atoms with E-state index in [4.69, 9.17) is 4.42 Å². The van der Waals surface area contributed by atoms with Crippen LogP contribution in [0, 0.1) is 0 Å². The van der Waals surface area contributed by atoms with Crippen molar-refractivity contribution in [3.8, 4) is 0 Å². The van der Waals surface area contributed by atoms with E-state index < -0.39 is 5.92 Å². The molecule has 0 spiro atoms. The minimum atomic E-state index is -0.399. The maximum atomic E-state index is 12.2. The third-order valence-corrected chi connectivity index (χ3v) is 3.08. The molecule has 0 aliphatic rings. The van der Waals surface area contributed by atoms with Gasteiger partial charge in [-0.15, -0.1) is 0 Å². The normalized spacial score (nSPS) is 12.2. The fraction of sp³-hybridized carbons (Fsp3) is 0.133. The molecule has 1 amide bonds. The Hall–Kier alpha value is -2.69. The molecule has 0 radical (unpaired) electrons. The zero-order chi connectivity index (χ0) is 13.9. The first-order valence-corrected chi connectivity index (χ1v) is 6.29. The molecule has 0 aliphatic heterocycles. The van der Waals surface area contributed by atoms with E-state index in [0.717, 1.165) is 11.0 Å².